The molecule has 17 heavy (non-hydrogen) atoms. The minimum absolute atomic E-state index is 0.383. The molecule has 0 spiro atoms. The van der Waals surface area contributed by atoms with Gasteiger partial charge in [-0.2, -0.15) is 10.1 Å². The molecule has 0 saturated heterocycles. The van der Waals surface area contributed by atoms with Crippen LogP contribution in [0.1, 0.15) is 11.1 Å². The second-order valence-corrected chi connectivity index (χ2v) is 3.27. The van der Waals surface area contributed by atoms with Crippen molar-refractivity contribution in [3.8, 4) is 12.5 Å². The molecule has 0 unspecified atom stereocenters. The van der Waals surface area contributed by atoms with Crippen LogP contribution in [0.4, 0.5) is 20.0 Å². The van der Waals surface area contributed by atoms with Gasteiger partial charge in [0.2, 0.25) is 0 Å². The lowest BCUT2D eigenvalue weighted by Gasteiger charge is -2.09. The van der Waals surface area contributed by atoms with Crippen LogP contribution in [0.5, 0.6) is 0 Å². The van der Waals surface area contributed by atoms with Gasteiger partial charge in [0.05, 0.1) is 11.4 Å². The standard InChI is InChI=1S/C10H10BF2N3O/c1-4-17-15-10-6-7(2)9(5-8(10)3)14-16-11(12)13/h1,5-6,15H,2-3H3. The van der Waals surface area contributed by atoms with Crippen LogP contribution in [0.2, 0.25) is 0 Å². The highest BCUT2D eigenvalue weighted by atomic mass is 19.2. The van der Waals surface area contributed by atoms with Gasteiger partial charge in [-0.25, -0.2) is 5.48 Å². The van der Waals surface area contributed by atoms with Crippen LogP contribution in [-0.2, 0) is 4.84 Å². The van der Waals surface area contributed by atoms with Gasteiger partial charge in [-0.1, -0.05) is 6.42 Å². The van der Waals surface area contributed by atoms with E-state index >= 15 is 0 Å². The van der Waals surface area contributed by atoms with Crippen molar-refractivity contribution >= 4 is 18.8 Å². The van der Waals surface area contributed by atoms with Crippen molar-refractivity contribution in [2.24, 2.45) is 10.1 Å². The Morgan fingerprint density at radius 3 is 2.65 bits per heavy atom. The number of aryl methyl sites for hydroxylation is 2. The number of rotatable bonds is 4. The lowest BCUT2D eigenvalue weighted by Crippen LogP contribution is -1.98. The molecular weight excluding hydrogens is 227 g/mol. The van der Waals surface area contributed by atoms with Gasteiger partial charge in [0.1, 0.15) is 6.11 Å². The summed E-state index contributed by atoms with van der Waals surface area (Å²) in [5, 5.41) is 6.25. The first kappa shape index (κ1) is 13.0. The van der Waals surface area contributed by atoms with Crippen LogP contribution in [0, 0.1) is 26.4 Å². The number of halogens is 2. The van der Waals surface area contributed by atoms with Gasteiger partial charge in [0, 0.05) is 0 Å². The maximum Gasteiger partial charge on any atom is 0.711 e. The monoisotopic (exact) mass is 237 g/mol. The summed E-state index contributed by atoms with van der Waals surface area (Å²) >= 11 is 0. The third-order valence-corrected chi connectivity index (χ3v) is 2.02. The molecule has 88 valence electrons. The fourth-order valence-corrected chi connectivity index (χ4v) is 1.21. The van der Waals surface area contributed by atoms with E-state index in [1.54, 1.807) is 26.0 Å². The SMILES string of the molecule is C#CONc1cc(C)c(N=NB(F)F)cc1C. The predicted octanol–water partition coefficient (Wildman–Crippen LogP) is 3.25. The topological polar surface area (TPSA) is 46.0 Å². The molecule has 0 heterocycles. The lowest BCUT2D eigenvalue weighted by molar-refractivity contribution is 0.363. The summed E-state index contributed by atoms with van der Waals surface area (Å²) < 4.78 is 23.8. The van der Waals surface area contributed by atoms with Crippen LogP contribution in [-0.4, -0.2) is 7.40 Å². The molecule has 4 nitrogen and oxygen atoms in total. The van der Waals surface area contributed by atoms with Crippen molar-refractivity contribution in [2.75, 3.05) is 5.48 Å². The molecule has 0 bridgehead atoms. The first-order valence-electron chi connectivity index (χ1n) is 4.72. The average molecular weight is 237 g/mol. The van der Waals surface area contributed by atoms with Crippen LogP contribution < -0.4 is 5.48 Å². The van der Waals surface area contributed by atoms with Crippen molar-refractivity contribution in [1.29, 1.82) is 0 Å². The van der Waals surface area contributed by atoms with E-state index in [2.05, 4.69) is 20.5 Å². The molecule has 0 fully saturated rings. The van der Waals surface area contributed by atoms with Gasteiger partial charge < -0.3 is 4.84 Å². The fourth-order valence-electron chi connectivity index (χ4n) is 1.21. The maximum absolute atomic E-state index is 11.9. The molecule has 7 heteroatoms. The predicted molar refractivity (Wildman–Crippen MR) is 61.9 cm³/mol. The van der Waals surface area contributed by atoms with E-state index in [1.807, 2.05) is 6.11 Å². The van der Waals surface area contributed by atoms with Crippen molar-refractivity contribution in [3.05, 3.63) is 23.3 Å². The Bertz CT molecular complexity index is 471. The third kappa shape index (κ3) is 3.76. The summed E-state index contributed by atoms with van der Waals surface area (Å²) in [6.45, 7) is 3.49. The third-order valence-electron chi connectivity index (χ3n) is 2.02. The Labute approximate surface area is 98.2 Å². The highest BCUT2D eigenvalue weighted by Gasteiger charge is 2.11. The minimum atomic E-state index is -2.81. The zero-order valence-electron chi connectivity index (χ0n) is 9.37. The number of benzene rings is 1. The van der Waals surface area contributed by atoms with E-state index in [4.69, 9.17) is 6.42 Å². The Kier molecular flexibility index (Phi) is 4.46. The molecular formula is C10H10BF2N3O. The summed E-state index contributed by atoms with van der Waals surface area (Å²) in [5.41, 5.74) is 5.01. The molecule has 1 aromatic carbocycles. The van der Waals surface area contributed by atoms with E-state index in [0.29, 0.717) is 16.9 Å². The maximum atomic E-state index is 11.9. The Morgan fingerprint density at radius 1 is 1.35 bits per heavy atom. The number of hydrogen-bond acceptors (Lipinski definition) is 4. The molecule has 1 N–H and O–H groups in total. The van der Waals surface area contributed by atoms with Crippen molar-refractivity contribution in [2.45, 2.75) is 13.8 Å². The summed E-state index contributed by atoms with van der Waals surface area (Å²) in [6, 6.07) is 3.30. The first-order valence-corrected chi connectivity index (χ1v) is 4.72. The zero-order chi connectivity index (χ0) is 12.8. The van der Waals surface area contributed by atoms with E-state index in [9.17, 15) is 8.63 Å². The molecule has 1 aromatic rings. The van der Waals surface area contributed by atoms with Gasteiger partial charge in [0.25, 0.3) is 0 Å². The van der Waals surface area contributed by atoms with Gasteiger partial charge in [0.15, 0.2) is 0 Å². The van der Waals surface area contributed by atoms with E-state index in [-0.39, 0.29) is 0 Å². The van der Waals surface area contributed by atoms with Crippen molar-refractivity contribution in [1.82, 2.24) is 0 Å². The second kappa shape index (κ2) is 5.84. The normalized spacial score (nSPS) is 10.1. The van der Waals surface area contributed by atoms with E-state index < -0.39 is 7.40 Å². The molecule has 0 atom stereocenters. The highest BCUT2D eigenvalue weighted by Crippen LogP contribution is 2.27. The molecule has 0 aliphatic carbocycles. The summed E-state index contributed by atoms with van der Waals surface area (Å²) in [5.74, 6) is 0. The molecule has 0 aromatic heterocycles. The molecule has 0 saturated carbocycles. The molecule has 1 rings (SSSR count). The van der Waals surface area contributed by atoms with Gasteiger partial charge in [-0.05, 0) is 37.1 Å². The zero-order valence-corrected chi connectivity index (χ0v) is 9.37. The summed E-state index contributed by atoms with van der Waals surface area (Å²) in [4.78, 5) is 4.60. The minimum Gasteiger partial charge on any atom is -0.329 e. The number of anilines is 1. The quantitative estimate of drug-likeness (QED) is 0.378. The average Bonchev–Trinajstić information content (AvgIpc) is 2.27. The number of hydrogen-bond donors (Lipinski definition) is 1. The van der Waals surface area contributed by atoms with Gasteiger partial charge in [-0.3, -0.25) is 8.63 Å². The number of nitrogens with zero attached hydrogens (tertiary/aromatic N) is 2. The van der Waals surface area contributed by atoms with Crippen LogP contribution in [0.15, 0.2) is 22.3 Å². The Hall–Kier alpha value is -2.10. The number of terminal acetylenes is 1. The second-order valence-electron chi connectivity index (χ2n) is 3.27. The van der Waals surface area contributed by atoms with Crippen LogP contribution in [0.25, 0.3) is 0 Å². The Balaban J connectivity index is 2.97. The first-order chi connectivity index (χ1) is 8.04. The molecule has 0 radical (unpaired) electrons. The van der Waals surface area contributed by atoms with Crippen molar-refractivity contribution < 1.29 is 13.5 Å². The Morgan fingerprint density at radius 2 is 2.06 bits per heavy atom. The molecule has 0 amide bonds. The molecule has 0 aliphatic heterocycles. The lowest BCUT2D eigenvalue weighted by atomic mass is 10.1. The van der Waals surface area contributed by atoms with Gasteiger partial charge >= 0.3 is 7.40 Å². The summed E-state index contributed by atoms with van der Waals surface area (Å²) in [7, 11) is -2.81. The highest BCUT2D eigenvalue weighted by molar-refractivity contribution is 6.39. The van der Waals surface area contributed by atoms with E-state index in [0.717, 1.165) is 5.56 Å². The largest absolute Gasteiger partial charge is 0.711 e. The van der Waals surface area contributed by atoms with Crippen LogP contribution in [0.3, 0.4) is 0 Å². The van der Waals surface area contributed by atoms with E-state index in [1.165, 1.54) is 0 Å². The molecule has 0 aliphatic rings. The van der Waals surface area contributed by atoms with Crippen LogP contribution >= 0.6 is 0 Å². The van der Waals surface area contributed by atoms with Gasteiger partial charge in [-0.15, -0.1) is 0 Å². The number of nitrogens with one attached hydrogen (secondary N) is 1. The summed E-state index contributed by atoms with van der Waals surface area (Å²) in [6.07, 6.45) is 6.89. The smallest absolute Gasteiger partial charge is 0.329 e. The fraction of sp³-hybridized carbons (Fsp3) is 0.200. The van der Waals surface area contributed by atoms with Crippen molar-refractivity contribution in [3.63, 3.8) is 0 Å².